The highest BCUT2D eigenvalue weighted by Gasteiger charge is 2.28. The number of rotatable bonds is 7. The minimum absolute atomic E-state index is 0.00956. The van der Waals surface area contributed by atoms with Crippen molar-refractivity contribution in [1.82, 2.24) is 14.9 Å². The van der Waals surface area contributed by atoms with Gasteiger partial charge in [0.05, 0.1) is 17.5 Å². The van der Waals surface area contributed by atoms with Gasteiger partial charge in [-0.25, -0.2) is 4.98 Å². The molecule has 156 valence electrons. The Kier molecular flexibility index (Phi) is 6.56. The zero-order chi connectivity index (χ0) is 21.0. The van der Waals surface area contributed by atoms with Gasteiger partial charge in [0.2, 0.25) is 0 Å². The minimum atomic E-state index is -0.321. The molecule has 0 aliphatic carbocycles. The van der Waals surface area contributed by atoms with Gasteiger partial charge in [0.15, 0.2) is 11.5 Å². The number of hydrogen-bond acceptors (Lipinski definition) is 4. The average molecular weight is 399 g/mol. The van der Waals surface area contributed by atoms with E-state index in [0.29, 0.717) is 42.0 Å². The first-order valence-corrected chi connectivity index (χ1v) is 10.3. The highest BCUT2D eigenvalue weighted by atomic mass is 16.5. The van der Waals surface area contributed by atoms with Crippen molar-refractivity contribution in [2.24, 2.45) is 5.92 Å². The SMILES string of the molecule is CC(C)CNC(=O)c1nc(C(=O)Nc2ccccc2OC(C)C)c2n1CCCC2. The van der Waals surface area contributed by atoms with E-state index in [1.165, 1.54) is 0 Å². The normalized spacial score (nSPS) is 13.3. The third-order valence-electron chi connectivity index (χ3n) is 4.70. The topological polar surface area (TPSA) is 85.2 Å². The van der Waals surface area contributed by atoms with Gasteiger partial charge in [-0.1, -0.05) is 26.0 Å². The smallest absolute Gasteiger partial charge is 0.287 e. The van der Waals surface area contributed by atoms with Gasteiger partial charge < -0.3 is 19.9 Å². The molecule has 3 rings (SSSR count). The van der Waals surface area contributed by atoms with Gasteiger partial charge in [0.25, 0.3) is 11.8 Å². The molecule has 1 aliphatic heterocycles. The average Bonchev–Trinajstić information content (AvgIpc) is 3.07. The summed E-state index contributed by atoms with van der Waals surface area (Å²) in [5, 5.41) is 5.82. The molecule has 0 radical (unpaired) electrons. The van der Waals surface area contributed by atoms with Crippen LogP contribution in [0.5, 0.6) is 5.75 Å². The number of benzene rings is 1. The van der Waals surface area contributed by atoms with Crippen LogP contribution in [0.25, 0.3) is 0 Å². The van der Waals surface area contributed by atoms with Crippen molar-refractivity contribution >= 4 is 17.5 Å². The highest BCUT2D eigenvalue weighted by Crippen LogP contribution is 2.27. The molecule has 0 unspecified atom stereocenters. The largest absolute Gasteiger partial charge is 0.489 e. The Bertz CT molecular complexity index is 886. The van der Waals surface area contributed by atoms with Crippen LogP contribution in [0.1, 0.15) is 67.3 Å². The van der Waals surface area contributed by atoms with Crippen molar-refractivity contribution in [2.75, 3.05) is 11.9 Å². The number of amides is 2. The molecule has 29 heavy (non-hydrogen) atoms. The van der Waals surface area contributed by atoms with E-state index in [0.717, 1.165) is 25.0 Å². The number of hydrogen-bond donors (Lipinski definition) is 2. The number of anilines is 1. The summed E-state index contributed by atoms with van der Waals surface area (Å²) in [6.07, 6.45) is 2.67. The molecule has 0 fully saturated rings. The van der Waals surface area contributed by atoms with Gasteiger partial charge in [-0.3, -0.25) is 9.59 Å². The number of carbonyl (C=O) groups excluding carboxylic acids is 2. The number of para-hydroxylation sites is 2. The lowest BCUT2D eigenvalue weighted by atomic mass is 10.1. The predicted molar refractivity (Wildman–Crippen MR) is 112 cm³/mol. The Hall–Kier alpha value is -2.83. The number of aromatic nitrogens is 2. The number of carbonyl (C=O) groups is 2. The Morgan fingerprint density at radius 2 is 1.90 bits per heavy atom. The van der Waals surface area contributed by atoms with E-state index in [4.69, 9.17) is 4.74 Å². The van der Waals surface area contributed by atoms with Gasteiger partial charge in [0, 0.05) is 13.1 Å². The van der Waals surface area contributed by atoms with Gasteiger partial charge in [-0.15, -0.1) is 0 Å². The Morgan fingerprint density at radius 1 is 1.14 bits per heavy atom. The van der Waals surface area contributed by atoms with Crippen LogP contribution in [0.2, 0.25) is 0 Å². The van der Waals surface area contributed by atoms with E-state index in [-0.39, 0.29) is 17.9 Å². The molecule has 0 saturated carbocycles. The lowest BCUT2D eigenvalue weighted by Crippen LogP contribution is -2.30. The fourth-order valence-electron chi connectivity index (χ4n) is 3.38. The summed E-state index contributed by atoms with van der Waals surface area (Å²) in [7, 11) is 0. The first kappa shape index (κ1) is 20.9. The maximum Gasteiger partial charge on any atom is 0.287 e. The Morgan fingerprint density at radius 3 is 2.62 bits per heavy atom. The molecule has 1 aromatic heterocycles. The maximum absolute atomic E-state index is 13.1. The van der Waals surface area contributed by atoms with Crippen molar-refractivity contribution in [3.8, 4) is 5.75 Å². The predicted octanol–water partition coefficient (Wildman–Crippen LogP) is 3.64. The number of ether oxygens (including phenoxy) is 1. The van der Waals surface area contributed by atoms with Gasteiger partial charge >= 0.3 is 0 Å². The molecular weight excluding hydrogens is 368 g/mol. The lowest BCUT2D eigenvalue weighted by Gasteiger charge is -2.17. The molecule has 1 aliphatic rings. The molecule has 2 amide bonds. The lowest BCUT2D eigenvalue weighted by molar-refractivity contribution is 0.0933. The number of nitrogens with one attached hydrogen (secondary N) is 2. The van der Waals surface area contributed by atoms with Crippen molar-refractivity contribution in [1.29, 1.82) is 0 Å². The van der Waals surface area contributed by atoms with Gasteiger partial charge in [-0.2, -0.15) is 0 Å². The molecule has 0 saturated heterocycles. The molecule has 7 nitrogen and oxygen atoms in total. The molecule has 2 aromatic rings. The molecule has 2 heterocycles. The molecule has 0 bridgehead atoms. The van der Waals surface area contributed by atoms with Crippen LogP contribution in [0.4, 0.5) is 5.69 Å². The molecule has 0 atom stereocenters. The van der Waals surface area contributed by atoms with Crippen LogP contribution >= 0.6 is 0 Å². The molecule has 1 aromatic carbocycles. The standard InChI is InChI=1S/C22H30N4O3/c1-14(2)13-23-22(28)20-25-19(17-10-7-8-12-26(17)20)21(27)24-16-9-5-6-11-18(16)29-15(3)4/h5-6,9,11,14-15H,7-8,10,12-13H2,1-4H3,(H,23,28)(H,24,27). The third kappa shape index (κ3) is 4.96. The van der Waals surface area contributed by atoms with Crippen LogP contribution in [-0.2, 0) is 13.0 Å². The summed E-state index contributed by atoms with van der Waals surface area (Å²) < 4.78 is 7.68. The quantitative estimate of drug-likeness (QED) is 0.746. The number of imidazole rings is 1. The summed E-state index contributed by atoms with van der Waals surface area (Å²) in [5.41, 5.74) is 1.74. The summed E-state index contributed by atoms with van der Waals surface area (Å²) in [4.78, 5) is 30.2. The second-order valence-electron chi connectivity index (χ2n) is 8.06. The third-order valence-corrected chi connectivity index (χ3v) is 4.70. The van der Waals surface area contributed by atoms with E-state index in [2.05, 4.69) is 15.6 Å². The van der Waals surface area contributed by atoms with Gasteiger partial charge in [-0.05, 0) is 51.2 Å². The van der Waals surface area contributed by atoms with Crippen molar-refractivity contribution < 1.29 is 14.3 Å². The molecule has 2 N–H and O–H groups in total. The van der Waals surface area contributed by atoms with E-state index in [9.17, 15) is 9.59 Å². The summed E-state index contributed by atoms with van der Waals surface area (Å²) >= 11 is 0. The fraction of sp³-hybridized carbons (Fsp3) is 0.500. The first-order chi connectivity index (χ1) is 13.9. The number of nitrogens with zero attached hydrogens (tertiary/aromatic N) is 2. The second kappa shape index (κ2) is 9.11. The van der Waals surface area contributed by atoms with Gasteiger partial charge in [0.1, 0.15) is 5.75 Å². The van der Waals surface area contributed by atoms with Crippen molar-refractivity contribution in [3.05, 3.63) is 41.5 Å². The Balaban J connectivity index is 1.87. The summed E-state index contributed by atoms with van der Waals surface area (Å²) in [6, 6.07) is 7.33. The fourth-order valence-corrected chi connectivity index (χ4v) is 3.38. The van der Waals surface area contributed by atoms with E-state index in [1.54, 1.807) is 6.07 Å². The summed E-state index contributed by atoms with van der Waals surface area (Å²) in [5.74, 6) is 0.716. The van der Waals surface area contributed by atoms with Crippen LogP contribution < -0.4 is 15.4 Å². The molecule has 7 heteroatoms. The van der Waals surface area contributed by atoms with E-state index in [1.807, 2.05) is 50.5 Å². The zero-order valence-corrected chi connectivity index (χ0v) is 17.6. The van der Waals surface area contributed by atoms with Crippen LogP contribution in [-0.4, -0.2) is 34.0 Å². The Labute approximate surface area is 171 Å². The summed E-state index contributed by atoms with van der Waals surface area (Å²) in [6.45, 7) is 9.22. The van der Waals surface area contributed by atoms with Crippen LogP contribution in [0, 0.1) is 5.92 Å². The van der Waals surface area contributed by atoms with E-state index < -0.39 is 0 Å². The molecule has 0 spiro atoms. The van der Waals surface area contributed by atoms with Crippen LogP contribution in [0.15, 0.2) is 24.3 Å². The minimum Gasteiger partial charge on any atom is -0.489 e. The van der Waals surface area contributed by atoms with Crippen LogP contribution in [0.3, 0.4) is 0 Å². The van der Waals surface area contributed by atoms with Crippen molar-refractivity contribution in [3.63, 3.8) is 0 Å². The second-order valence-corrected chi connectivity index (χ2v) is 8.06. The number of fused-ring (bicyclic) bond motifs is 1. The van der Waals surface area contributed by atoms with E-state index >= 15 is 0 Å². The molecular formula is C22H30N4O3. The monoisotopic (exact) mass is 398 g/mol. The first-order valence-electron chi connectivity index (χ1n) is 10.3. The van der Waals surface area contributed by atoms with Crippen molar-refractivity contribution in [2.45, 2.75) is 59.6 Å². The highest BCUT2D eigenvalue weighted by molar-refractivity contribution is 6.05. The zero-order valence-electron chi connectivity index (χ0n) is 17.6. The maximum atomic E-state index is 13.1.